The van der Waals surface area contributed by atoms with E-state index >= 15 is 0 Å². The highest BCUT2D eigenvalue weighted by Crippen LogP contribution is 2.53. The normalized spacial score (nSPS) is 18.4. The summed E-state index contributed by atoms with van der Waals surface area (Å²) >= 11 is 0. The molecule has 6 rings (SSSR count). The number of aliphatic carboxylic acids is 1. The highest BCUT2D eigenvalue weighted by Gasteiger charge is 2.47. The van der Waals surface area contributed by atoms with E-state index in [-0.39, 0.29) is 17.9 Å². The third-order valence-electron chi connectivity index (χ3n) is 8.79. The number of nitrogens with two attached hydrogens (primary N) is 1. The number of pyridine rings is 1. The van der Waals surface area contributed by atoms with Gasteiger partial charge in [0.25, 0.3) is 0 Å². The van der Waals surface area contributed by atoms with Gasteiger partial charge in [-0.25, -0.2) is 17.7 Å². The molecule has 3 aromatic carbocycles. The Bertz CT molecular complexity index is 1780. The predicted molar refractivity (Wildman–Crippen MR) is 159 cm³/mol. The molecule has 1 unspecified atom stereocenters. The van der Waals surface area contributed by atoms with Gasteiger partial charge in [-0.1, -0.05) is 36.4 Å². The van der Waals surface area contributed by atoms with Crippen molar-refractivity contribution in [2.24, 2.45) is 0 Å². The first-order valence-electron chi connectivity index (χ1n) is 13.8. The number of anilines is 1. The van der Waals surface area contributed by atoms with Gasteiger partial charge in [0.05, 0.1) is 12.7 Å². The van der Waals surface area contributed by atoms with Crippen molar-refractivity contribution in [3.8, 4) is 16.9 Å². The minimum absolute atomic E-state index is 0.122. The summed E-state index contributed by atoms with van der Waals surface area (Å²) in [6, 6.07) is 20.2. The number of fused-ring (bicyclic) bond motifs is 3. The third-order valence-corrected chi connectivity index (χ3v) is 10.1. The van der Waals surface area contributed by atoms with E-state index in [0.29, 0.717) is 49.5 Å². The van der Waals surface area contributed by atoms with Crippen LogP contribution in [0.2, 0.25) is 0 Å². The second-order valence-corrected chi connectivity index (χ2v) is 13.3. The molecule has 1 aliphatic heterocycles. The SMILES string of the molecule is Cc1cccc(OC2CC3(CCN(S(C)(=O)=O)CC3)c3ccc(-c4ccc5ccnc(N)c5c4)cc32)c1CC(=O)O. The molecule has 1 aromatic heterocycles. The van der Waals surface area contributed by atoms with E-state index in [1.165, 1.54) is 11.8 Å². The number of carbonyl (C=O) groups is 1. The lowest BCUT2D eigenvalue weighted by atomic mass is 9.74. The summed E-state index contributed by atoms with van der Waals surface area (Å²) in [5, 5.41) is 11.5. The minimum Gasteiger partial charge on any atom is -0.485 e. The van der Waals surface area contributed by atoms with Crippen LogP contribution in [-0.2, 0) is 26.7 Å². The molecule has 1 spiro atoms. The first kappa shape index (κ1) is 27.2. The molecule has 0 bridgehead atoms. The maximum absolute atomic E-state index is 12.3. The molecule has 3 N–H and O–H groups in total. The van der Waals surface area contributed by atoms with E-state index in [2.05, 4.69) is 35.3 Å². The molecule has 4 aromatic rings. The van der Waals surface area contributed by atoms with Crippen LogP contribution in [0, 0.1) is 6.92 Å². The van der Waals surface area contributed by atoms with Gasteiger partial charge in [0.1, 0.15) is 17.7 Å². The number of hydrogen-bond acceptors (Lipinski definition) is 6. The fourth-order valence-corrected chi connectivity index (χ4v) is 7.42. The number of rotatable bonds is 6. The van der Waals surface area contributed by atoms with E-state index < -0.39 is 16.0 Å². The molecule has 1 saturated heterocycles. The number of piperidine rings is 1. The van der Waals surface area contributed by atoms with E-state index in [1.54, 1.807) is 10.5 Å². The quantitative estimate of drug-likeness (QED) is 0.325. The molecule has 0 saturated carbocycles. The van der Waals surface area contributed by atoms with Crippen LogP contribution in [0.15, 0.2) is 66.9 Å². The van der Waals surface area contributed by atoms with Crippen LogP contribution in [-0.4, -0.2) is 48.1 Å². The van der Waals surface area contributed by atoms with Crippen molar-refractivity contribution < 1.29 is 23.1 Å². The van der Waals surface area contributed by atoms with Gasteiger partial charge in [-0.05, 0) is 83.7 Å². The number of benzene rings is 3. The lowest BCUT2D eigenvalue weighted by molar-refractivity contribution is -0.136. The molecule has 2 heterocycles. The van der Waals surface area contributed by atoms with E-state index in [9.17, 15) is 18.3 Å². The van der Waals surface area contributed by atoms with Gasteiger partial charge in [0, 0.05) is 35.7 Å². The van der Waals surface area contributed by atoms with Gasteiger partial charge in [0.15, 0.2) is 0 Å². The maximum atomic E-state index is 12.3. The van der Waals surface area contributed by atoms with Crippen LogP contribution in [0.4, 0.5) is 5.82 Å². The van der Waals surface area contributed by atoms with E-state index in [0.717, 1.165) is 33.0 Å². The summed E-state index contributed by atoms with van der Waals surface area (Å²) in [7, 11) is -3.27. The number of nitrogens with zero attached hydrogens (tertiary/aromatic N) is 2. The van der Waals surface area contributed by atoms with Gasteiger partial charge in [-0.15, -0.1) is 0 Å². The fourth-order valence-electron chi connectivity index (χ4n) is 6.58. The largest absolute Gasteiger partial charge is 0.485 e. The highest BCUT2D eigenvalue weighted by atomic mass is 32.2. The number of ether oxygens (including phenoxy) is 1. The number of sulfonamides is 1. The van der Waals surface area contributed by atoms with Crippen molar-refractivity contribution in [1.29, 1.82) is 0 Å². The van der Waals surface area contributed by atoms with Crippen molar-refractivity contribution in [2.45, 2.75) is 44.1 Å². The van der Waals surface area contributed by atoms with Crippen molar-refractivity contribution >= 4 is 32.6 Å². The molecule has 1 fully saturated rings. The summed E-state index contributed by atoms with van der Waals surface area (Å²) in [6.07, 6.45) is 4.62. The van der Waals surface area contributed by atoms with Crippen molar-refractivity contribution in [2.75, 3.05) is 25.1 Å². The molecule has 0 amide bonds. The standard InChI is InChI=1S/C32H33N3O5S/c1-20-4-3-5-28(24(20)18-30(36)37)40-29-19-32(11-14-35(15-12-32)41(2,38)39)27-9-8-23(17-26(27)29)22-7-6-21-10-13-34-31(33)25(21)16-22/h3-10,13,16-17,29H,11-12,14-15,18-19H2,1-2H3,(H2,33,34)(H,36,37). The number of aromatic nitrogens is 1. The Hall–Kier alpha value is -3.95. The zero-order valence-electron chi connectivity index (χ0n) is 23.1. The van der Waals surface area contributed by atoms with Gasteiger partial charge in [0.2, 0.25) is 10.0 Å². The lowest BCUT2D eigenvalue weighted by Gasteiger charge is -2.39. The average Bonchev–Trinajstić information content (AvgIpc) is 3.22. The maximum Gasteiger partial charge on any atom is 0.307 e. The van der Waals surface area contributed by atoms with Gasteiger partial charge >= 0.3 is 5.97 Å². The van der Waals surface area contributed by atoms with Gasteiger partial charge < -0.3 is 15.6 Å². The molecule has 2 aliphatic rings. The monoisotopic (exact) mass is 571 g/mol. The van der Waals surface area contributed by atoms with Crippen molar-refractivity contribution in [3.05, 3.63) is 89.1 Å². The minimum atomic E-state index is -3.27. The summed E-state index contributed by atoms with van der Waals surface area (Å²) < 4.78 is 32.8. The molecule has 0 radical (unpaired) electrons. The number of carboxylic acids is 1. The van der Waals surface area contributed by atoms with Gasteiger partial charge in [-0.2, -0.15) is 0 Å². The topological polar surface area (TPSA) is 123 Å². The molecule has 9 heteroatoms. The first-order valence-corrected chi connectivity index (χ1v) is 15.6. The zero-order chi connectivity index (χ0) is 28.9. The Morgan fingerprint density at radius 3 is 2.56 bits per heavy atom. The van der Waals surface area contributed by atoms with Crippen LogP contribution >= 0.6 is 0 Å². The van der Waals surface area contributed by atoms with Crippen LogP contribution in [0.3, 0.4) is 0 Å². The van der Waals surface area contributed by atoms with Crippen LogP contribution in [0.5, 0.6) is 5.75 Å². The number of carboxylic acid groups (broad SMARTS) is 1. The highest BCUT2D eigenvalue weighted by molar-refractivity contribution is 7.88. The molecule has 1 aliphatic carbocycles. The van der Waals surface area contributed by atoms with Gasteiger partial charge in [-0.3, -0.25) is 4.79 Å². The number of aryl methyl sites for hydroxylation is 1. The summed E-state index contributed by atoms with van der Waals surface area (Å²) in [5.41, 5.74) is 11.7. The molecule has 8 nitrogen and oxygen atoms in total. The number of hydrogen-bond donors (Lipinski definition) is 2. The second-order valence-electron chi connectivity index (χ2n) is 11.3. The molecule has 1 atom stereocenters. The van der Waals surface area contributed by atoms with Crippen molar-refractivity contribution in [3.63, 3.8) is 0 Å². The van der Waals surface area contributed by atoms with Crippen LogP contribution in [0.1, 0.15) is 47.6 Å². The Morgan fingerprint density at radius 1 is 1.10 bits per heavy atom. The first-order chi connectivity index (χ1) is 19.5. The average molecular weight is 572 g/mol. The van der Waals surface area contributed by atoms with Crippen LogP contribution in [0.25, 0.3) is 21.9 Å². The molecular formula is C32H33N3O5S. The summed E-state index contributed by atoms with van der Waals surface area (Å²) in [4.78, 5) is 15.9. The Balaban J connectivity index is 1.42. The van der Waals surface area contributed by atoms with Crippen LogP contribution < -0.4 is 10.5 Å². The smallest absolute Gasteiger partial charge is 0.307 e. The van der Waals surface area contributed by atoms with Crippen molar-refractivity contribution in [1.82, 2.24) is 9.29 Å². The summed E-state index contributed by atoms with van der Waals surface area (Å²) in [5.74, 6) is 0.144. The Kier molecular flexibility index (Phi) is 6.74. The third kappa shape index (κ3) is 5.04. The second kappa shape index (κ2) is 10.2. The predicted octanol–water partition coefficient (Wildman–Crippen LogP) is 5.24. The summed E-state index contributed by atoms with van der Waals surface area (Å²) in [6.45, 7) is 2.81. The molecule has 212 valence electrons. The fraction of sp³-hybridized carbons (Fsp3) is 0.312. The van der Waals surface area contributed by atoms with E-state index in [4.69, 9.17) is 10.5 Å². The van der Waals surface area contributed by atoms with E-state index in [1.807, 2.05) is 37.3 Å². The Labute approximate surface area is 239 Å². The number of nitrogen functional groups attached to an aromatic ring is 1. The Morgan fingerprint density at radius 2 is 1.83 bits per heavy atom. The zero-order valence-corrected chi connectivity index (χ0v) is 23.9. The molecular weight excluding hydrogens is 538 g/mol. The lowest BCUT2D eigenvalue weighted by Crippen LogP contribution is -2.44. The molecule has 41 heavy (non-hydrogen) atoms.